The van der Waals surface area contributed by atoms with E-state index in [-0.39, 0.29) is 0 Å². The third kappa shape index (κ3) is 2.69. The lowest BCUT2D eigenvalue weighted by atomic mass is 10.2. The van der Waals surface area contributed by atoms with Crippen LogP contribution in [-0.4, -0.2) is 15.5 Å². The highest BCUT2D eigenvalue weighted by Crippen LogP contribution is 2.14. The molecule has 0 saturated carbocycles. The number of hydrogen-bond donors (Lipinski definition) is 3. The van der Waals surface area contributed by atoms with Gasteiger partial charge in [0.25, 0.3) is 10.2 Å². The van der Waals surface area contributed by atoms with Crippen LogP contribution in [0.15, 0.2) is 24.3 Å². The molecule has 0 aromatic heterocycles. The van der Waals surface area contributed by atoms with E-state index in [4.69, 9.17) is 5.73 Å². The van der Waals surface area contributed by atoms with Crippen LogP contribution in [0.1, 0.15) is 5.56 Å². The molecule has 4 N–H and O–H groups in total. The van der Waals surface area contributed by atoms with E-state index in [1.807, 2.05) is 0 Å². The normalized spacial score (nSPS) is 11.3. The second kappa shape index (κ2) is 4.41. The predicted molar refractivity (Wildman–Crippen MR) is 55.9 cm³/mol. The Morgan fingerprint density at radius 2 is 2.00 bits per heavy atom. The number of hydrogen-bond acceptors (Lipinski definition) is 3. The van der Waals surface area contributed by atoms with Crippen molar-refractivity contribution in [3.05, 3.63) is 29.8 Å². The van der Waals surface area contributed by atoms with Crippen LogP contribution in [0.3, 0.4) is 0 Å². The van der Waals surface area contributed by atoms with Crippen molar-refractivity contribution in [3.8, 4) is 0 Å². The van der Waals surface area contributed by atoms with E-state index in [1.54, 1.807) is 24.3 Å². The molecule has 78 valence electrons. The Balaban J connectivity index is 2.97. The second-order valence-electron chi connectivity index (χ2n) is 2.67. The van der Waals surface area contributed by atoms with Gasteiger partial charge in [0.1, 0.15) is 0 Å². The first-order chi connectivity index (χ1) is 6.59. The minimum absolute atomic E-state index is 0.294. The molecule has 0 atom stereocenters. The topological polar surface area (TPSA) is 84.2 Å². The minimum atomic E-state index is -3.46. The molecular weight excluding hydrogens is 202 g/mol. The van der Waals surface area contributed by atoms with Crippen molar-refractivity contribution in [3.63, 3.8) is 0 Å². The Kier molecular flexibility index (Phi) is 3.45. The van der Waals surface area contributed by atoms with Crippen molar-refractivity contribution in [1.82, 2.24) is 4.72 Å². The third-order valence-electron chi connectivity index (χ3n) is 1.75. The van der Waals surface area contributed by atoms with Crippen LogP contribution in [-0.2, 0) is 16.8 Å². The Hall–Kier alpha value is -1.11. The summed E-state index contributed by atoms with van der Waals surface area (Å²) in [6.45, 7) is 0.294. The quantitative estimate of drug-likeness (QED) is 0.662. The molecule has 1 aromatic rings. The van der Waals surface area contributed by atoms with Crippen LogP contribution in [0, 0.1) is 0 Å². The van der Waals surface area contributed by atoms with Gasteiger partial charge in [0.05, 0.1) is 5.69 Å². The smallest absolute Gasteiger partial charge is 0.298 e. The molecule has 14 heavy (non-hydrogen) atoms. The molecule has 0 aliphatic carbocycles. The van der Waals surface area contributed by atoms with E-state index < -0.39 is 10.2 Å². The van der Waals surface area contributed by atoms with Crippen molar-refractivity contribution in [2.24, 2.45) is 5.73 Å². The lowest BCUT2D eigenvalue weighted by Crippen LogP contribution is -2.27. The summed E-state index contributed by atoms with van der Waals surface area (Å²) >= 11 is 0. The molecule has 0 amide bonds. The Bertz CT molecular complexity index is 403. The van der Waals surface area contributed by atoms with Gasteiger partial charge in [-0.3, -0.25) is 4.72 Å². The molecular formula is C8H13N3O2S. The molecule has 1 rings (SSSR count). The summed E-state index contributed by atoms with van der Waals surface area (Å²) in [5.41, 5.74) is 6.72. The summed E-state index contributed by atoms with van der Waals surface area (Å²) in [5, 5.41) is 0. The zero-order valence-corrected chi connectivity index (χ0v) is 8.64. The standard InChI is InChI=1S/C8H13N3O2S/c1-10-14(12,13)11-8-5-3-2-4-7(8)6-9/h2-5,10-11H,6,9H2,1H3. The maximum atomic E-state index is 11.2. The second-order valence-corrected chi connectivity index (χ2v) is 4.29. The van der Waals surface area contributed by atoms with Gasteiger partial charge < -0.3 is 5.73 Å². The number of nitrogens with one attached hydrogen (secondary N) is 2. The summed E-state index contributed by atoms with van der Waals surface area (Å²) in [7, 11) is -2.12. The number of nitrogens with two attached hydrogens (primary N) is 1. The summed E-state index contributed by atoms with van der Waals surface area (Å²) in [6.07, 6.45) is 0. The zero-order chi connectivity index (χ0) is 10.6. The van der Waals surface area contributed by atoms with Gasteiger partial charge in [0, 0.05) is 13.6 Å². The fourth-order valence-corrected chi connectivity index (χ4v) is 1.58. The first-order valence-electron chi connectivity index (χ1n) is 4.08. The molecule has 0 aliphatic rings. The van der Waals surface area contributed by atoms with Crippen LogP contribution < -0.4 is 15.2 Å². The maximum absolute atomic E-state index is 11.2. The van der Waals surface area contributed by atoms with Gasteiger partial charge in [-0.15, -0.1) is 0 Å². The number of rotatable bonds is 4. The first kappa shape index (κ1) is 11.0. The number of para-hydroxylation sites is 1. The Labute approximate surface area is 83.5 Å². The van der Waals surface area contributed by atoms with Gasteiger partial charge >= 0.3 is 0 Å². The molecule has 6 heteroatoms. The summed E-state index contributed by atoms with van der Waals surface area (Å²) in [5.74, 6) is 0. The number of anilines is 1. The van der Waals surface area contributed by atoms with E-state index in [2.05, 4.69) is 9.44 Å². The van der Waals surface area contributed by atoms with E-state index in [0.717, 1.165) is 5.56 Å². The minimum Gasteiger partial charge on any atom is -0.326 e. The van der Waals surface area contributed by atoms with E-state index in [1.165, 1.54) is 7.05 Å². The molecule has 0 bridgehead atoms. The molecule has 0 unspecified atom stereocenters. The summed E-state index contributed by atoms with van der Waals surface area (Å²) in [6, 6.07) is 6.98. The Morgan fingerprint density at radius 1 is 1.36 bits per heavy atom. The fourth-order valence-electron chi connectivity index (χ4n) is 0.994. The van der Waals surface area contributed by atoms with Gasteiger partial charge in [0.2, 0.25) is 0 Å². The molecule has 0 radical (unpaired) electrons. The summed E-state index contributed by atoms with van der Waals surface area (Å²) in [4.78, 5) is 0. The van der Waals surface area contributed by atoms with Gasteiger partial charge in [0.15, 0.2) is 0 Å². The van der Waals surface area contributed by atoms with Gasteiger partial charge in [-0.05, 0) is 11.6 Å². The van der Waals surface area contributed by atoms with Crippen LogP contribution in [0.4, 0.5) is 5.69 Å². The maximum Gasteiger partial charge on any atom is 0.298 e. The van der Waals surface area contributed by atoms with Crippen molar-refractivity contribution < 1.29 is 8.42 Å². The van der Waals surface area contributed by atoms with Crippen LogP contribution in [0.5, 0.6) is 0 Å². The zero-order valence-electron chi connectivity index (χ0n) is 7.82. The highest BCUT2D eigenvalue weighted by molar-refractivity contribution is 7.90. The van der Waals surface area contributed by atoms with E-state index in [0.29, 0.717) is 12.2 Å². The van der Waals surface area contributed by atoms with Crippen molar-refractivity contribution in [2.75, 3.05) is 11.8 Å². The first-order valence-corrected chi connectivity index (χ1v) is 5.56. The third-order valence-corrected chi connectivity index (χ3v) is 2.78. The highest BCUT2D eigenvalue weighted by atomic mass is 32.2. The average molecular weight is 215 g/mol. The fraction of sp³-hybridized carbons (Fsp3) is 0.250. The van der Waals surface area contributed by atoms with Crippen molar-refractivity contribution >= 4 is 15.9 Å². The van der Waals surface area contributed by atoms with Gasteiger partial charge in [-0.1, -0.05) is 18.2 Å². The van der Waals surface area contributed by atoms with Crippen LogP contribution >= 0.6 is 0 Å². The lowest BCUT2D eigenvalue weighted by molar-refractivity contribution is 0.593. The molecule has 1 aromatic carbocycles. The highest BCUT2D eigenvalue weighted by Gasteiger charge is 2.08. The predicted octanol–water partition coefficient (Wildman–Crippen LogP) is 0.0214. The lowest BCUT2D eigenvalue weighted by Gasteiger charge is -2.09. The molecule has 0 saturated heterocycles. The van der Waals surface area contributed by atoms with E-state index in [9.17, 15) is 8.42 Å². The average Bonchev–Trinajstić information content (AvgIpc) is 2.18. The van der Waals surface area contributed by atoms with Crippen LogP contribution in [0.25, 0.3) is 0 Å². The number of benzene rings is 1. The van der Waals surface area contributed by atoms with Gasteiger partial charge in [-0.2, -0.15) is 8.42 Å². The summed E-state index contributed by atoms with van der Waals surface area (Å²) < 4.78 is 26.9. The van der Waals surface area contributed by atoms with Crippen molar-refractivity contribution in [2.45, 2.75) is 6.54 Å². The van der Waals surface area contributed by atoms with Gasteiger partial charge in [-0.25, -0.2) is 4.72 Å². The largest absolute Gasteiger partial charge is 0.326 e. The van der Waals surface area contributed by atoms with Crippen molar-refractivity contribution in [1.29, 1.82) is 0 Å². The molecule has 0 aliphatic heterocycles. The molecule has 0 heterocycles. The van der Waals surface area contributed by atoms with Crippen LogP contribution in [0.2, 0.25) is 0 Å². The monoisotopic (exact) mass is 215 g/mol. The van der Waals surface area contributed by atoms with E-state index >= 15 is 0 Å². The molecule has 0 fully saturated rings. The molecule has 5 nitrogen and oxygen atoms in total. The Morgan fingerprint density at radius 3 is 2.57 bits per heavy atom. The SMILES string of the molecule is CNS(=O)(=O)Nc1ccccc1CN. The molecule has 0 spiro atoms.